The number of fused-ring (bicyclic) bond motifs is 1. The molecule has 1 aliphatic rings. The molecule has 3 heterocycles. The van der Waals surface area contributed by atoms with Crippen molar-refractivity contribution in [2.24, 2.45) is 7.05 Å². The minimum Gasteiger partial charge on any atom is -0.362 e. The van der Waals surface area contributed by atoms with Crippen LogP contribution in [0.25, 0.3) is 16.6 Å². The third-order valence-corrected chi connectivity index (χ3v) is 8.35. The smallest absolute Gasteiger partial charge is 0.165 e. The molecule has 2 N–H and O–H groups in total. The van der Waals surface area contributed by atoms with E-state index in [0.717, 1.165) is 27.8 Å². The van der Waals surface area contributed by atoms with E-state index < -0.39 is 20.1 Å². The fraction of sp³-hybridized carbons (Fsp3) is 0.421. The summed E-state index contributed by atoms with van der Waals surface area (Å²) in [4.78, 5) is 0. The van der Waals surface area contributed by atoms with Crippen molar-refractivity contribution in [3.05, 3.63) is 41.9 Å². The first-order chi connectivity index (χ1) is 12.9. The Kier molecular flexibility index (Phi) is 3.78. The van der Waals surface area contributed by atoms with Crippen LogP contribution in [0, 0.1) is 12.3 Å². The molecule has 28 heavy (non-hydrogen) atoms. The number of rotatable bonds is 2. The van der Waals surface area contributed by atoms with Crippen molar-refractivity contribution < 1.29 is 8.42 Å². The Morgan fingerprint density at radius 2 is 1.89 bits per heavy atom. The molecular weight excluding hydrogens is 376 g/mol. The van der Waals surface area contributed by atoms with Crippen LogP contribution in [0.1, 0.15) is 32.0 Å². The van der Waals surface area contributed by atoms with Crippen molar-refractivity contribution in [2.75, 3.05) is 5.75 Å². The standard InChI is InChI=1S/C19H24N6O2S/c1-12-16(10-24(5)22-12)25-9-13-8-14(6-7-15(13)23-25)19(4)11-28(26,27)18(2,3)17(20)21-19/h6-10H,11H2,1-5H3,(H2,20,21). The predicted octanol–water partition coefficient (Wildman–Crippen LogP) is 2.06. The summed E-state index contributed by atoms with van der Waals surface area (Å²) < 4.78 is 27.9. The van der Waals surface area contributed by atoms with Crippen LogP contribution in [0.4, 0.5) is 0 Å². The van der Waals surface area contributed by atoms with Crippen LogP contribution in [0.5, 0.6) is 0 Å². The number of nitrogens with one attached hydrogen (secondary N) is 2. The number of sulfone groups is 1. The zero-order valence-corrected chi connectivity index (χ0v) is 17.4. The Hall–Kier alpha value is -2.68. The van der Waals surface area contributed by atoms with Crippen LogP contribution in [0.3, 0.4) is 0 Å². The third-order valence-electron chi connectivity index (χ3n) is 5.64. The van der Waals surface area contributed by atoms with Gasteiger partial charge >= 0.3 is 0 Å². The number of aromatic nitrogens is 4. The number of hydrogen-bond donors (Lipinski definition) is 2. The van der Waals surface area contributed by atoms with Crippen molar-refractivity contribution >= 4 is 26.6 Å². The number of hydrogen-bond acceptors (Lipinski definition) is 5. The average Bonchev–Trinajstić information content (AvgIpc) is 3.14. The molecule has 1 aromatic carbocycles. The second-order valence-electron chi connectivity index (χ2n) is 8.22. The van der Waals surface area contributed by atoms with Crippen LogP contribution in [-0.4, -0.2) is 44.3 Å². The molecule has 3 aromatic rings. The lowest BCUT2D eigenvalue weighted by Gasteiger charge is -2.43. The molecule has 1 fully saturated rings. The molecule has 1 saturated heterocycles. The Bertz CT molecular complexity index is 1220. The van der Waals surface area contributed by atoms with Crippen LogP contribution in [0.2, 0.25) is 0 Å². The van der Waals surface area contributed by atoms with Gasteiger partial charge in [-0.1, -0.05) is 6.07 Å². The maximum atomic E-state index is 12.8. The molecule has 8 nitrogen and oxygen atoms in total. The van der Waals surface area contributed by atoms with Gasteiger partial charge in [-0.3, -0.25) is 10.1 Å². The zero-order valence-electron chi connectivity index (χ0n) is 16.6. The van der Waals surface area contributed by atoms with Gasteiger partial charge < -0.3 is 5.32 Å². The number of amidine groups is 1. The highest BCUT2D eigenvalue weighted by Crippen LogP contribution is 2.35. The van der Waals surface area contributed by atoms with Crippen molar-refractivity contribution in [3.63, 3.8) is 0 Å². The van der Waals surface area contributed by atoms with Gasteiger partial charge in [0.1, 0.15) is 16.3 Å². The largest absolute Gasteiger partial charge is 0.362 e. The van der Waals surface area contributed by atoms with Crippen LogP contribution in [0.15, 0.2) is 30.6 Å². The van der Waals surface area contributed by atoms with E-state index in [1.807, 2.05) is 51.5 Å². The highest BCUT2D eigenvalue weighted by atomic mass is 32.2. The quantitative estimate of drug-likeness (QED) is 0.685. The van der Waals surface area contributed by atoms with Crippen molar-refractivity contribution in [3.8, 4) is 5.69 Å². The minimum absolute atomic E-state index is 0.0167. The Morgan fingerprint density at radius 1 is 1.18 bits per heavy atom. The van der Waals surface area contributed by atoms with Crippen LogP contribution in [-0.2, 0) is 22.4 Å². The molecular formula is C19H24N6O2S. The van der Waals surface area contributed by atoms with E-state index in [-0.39, 0.29) is 11.6 Å². The molecule has 0 aliphatic carbocycles. The second kappa shape index (κ2) is 5.66. The Labute approximate surface area is 164 Å². The van der Waals surface area contributed by atoms with Gasteiger partial charge in [-0.2, -0.15) is 10.2 Å². The zero-order chi connectivity index (χ0) is 20.5. The highest BCUT2D eigenvalue weighted by Gasteiger charge is 2.50. The van der Waals surface area contributed by atoms with Gasteiger partial charge in [0.05, 0.1) is 28.7 Å². The number of benzene rings is 1. The molecule has 2 aromatic heterocycles. The molecule has 1 atom stereocenters. The molecule has 1 aliphatic heterocycles. The molecule has 4 rings (SSSR count). The lowest BCUT2D eigenvalue weighted by molar-refractivity contribution is 0.443. The van der Waals surface area contributed by atoms with E-state index in [2.05, 4.69) is 15.5 Å². The van der Waals surface area contributed by atoms with Crippen molar-refractivity contribution in [1.29, 1.82) is 5.41 Å². The first-order valence-corrected chi connectivity index (χ1v) is 10.7. The molecule has 148 valence electrons. The second-order valence-corrected chi connectivity index (χ2v) is 10.8. The highest BCUT2D eigenvalue weighted by molar-refractivity contribution is 7.93. The Morgan fingerprint density at radius 3 is 2.50 bits per heavy atom. The topological polar surface area (TPSA) is 106 Å². The van der Waals surface area contributed by atoms with E-state index in [4.69, 9.17) is 5.41 Å². The van der Waals surface area contributed by atoms with Gasteiger partial charge in [-0.15, -0.1) is 0 Å². The summed E-state index contributed by atoms with van der Waals surface area (Å²) in [6.45, 7) is 6.89. The van der Waals surface area contributed by atoms with E-state index in [1.165, 1.54) is 0 Å². The molecule has 0 spiro atoms. The molecule has 0 bridgehead atoms. The summed E-state index contributed by atoms with van der Waals surface area (Å²) >= 11 is 0. The summed E-state index contributed by atoms with van der Waals surface area (Å²) in [5.74, 6) is -0.0560. The summed E-state index contributed by atoms with van der Waals surface area (Å²) in [5, 5.41) is 21.2. The maximum Gasteiger partial charge on any atom is 0.165 e. The first kappa shape index (κ1) is 18.7. The van der Waals surface area contributed by atoms with E-state index in [9.17, 15) is 8.42 Å². The summed E-state index contributed by atoms with van der Waals surface area (Å²) in [5.41, 5.74) is 2.52. The molecule has 0 radical (unpaired) electrons. The summed E-state index contributed by atoms with van der Waals surface area (Å²) in [7, 11) is -1.61. The van der Waals surface area contributed by atoms with Crippen molar-refractivity contribution in [2.45, 2.75) is 38.0 Å². The van der Waals surface area contributed by atoms with Crippen LogP contribution < -0.4 is 5.32 Å². The monoisotopic (exact) mass is 400 g/mol. The van der Waals surface area contributed by atoms with E-state index in [0.29, 0.717) is 0 Å². The fourth-order valence-electron chi connectivity index (χ4n) is 3.64. The molecule has 1 unspecified atom stereocenters. The predicted molar refractivity (Wildman–Crippen MR) is 109 cm³/mol. The summed E-state index contributed by atoms with van der Waals surface area (Å²) in [6, 6.07) is 5.71. The Balaban J connectivity index is 1.78. The minimum atomic E-state index is -3.48. The van der Waals surface area contributed by atoms with Crippen LogP contribution >= 0.6 is 0 Å². The fourth-order valence-corrected chi connectivity index (χ4v) is 5.36. The third kappa shape index (κ3) is 2.64. The summed E-state index contributed by atoms with van der Waals surface area (Å²) in [6.07, 6.45) is 3.82. The first-order valence-electron chi connectivity index (χ1n) is 9.03. The molecule has 0 saturated carbocycles. The normalized spacial score (nSPS) is 23.7. The van der Waals surface area contributed by atoms with Gasteiger partial charge in [0.15, 0.2) is 9.84 Å². The van der Waals surface area contributed by atoms with Gasteiger partial charge in [-0.05, 0) is 45.4 Å². The maximum absolute atomic E-state index is 12.8. The van der Waals surface area contributed by atoms with E-state index >= 15 is 0 Å². The molecule has 9 heteroatoms. The number of nitrogens with zero attached hydrogens (tertiary/aromatic N) is 4. The average molecular weight is 401 g/mol. The number of aryl methyl sites for hydroxylation is 2. The van der Waals surface area contributed by atoms with Gasteiger partial charge in [0.2, 0.25) is 0 Å². The van der Waals surface area contributed by atoms with Crippen molar-refractivity contribution in [1.82, 2.24) is 24.9 Å². The lowest BCUT2D eigenvalue weighted by Crippen LogP contribution is -2.63. The van der Waals surface area contributed by atoms with E-state index in [1.54, 1.807) is 23.2 Å². The van der Waals surface area contributed by atoms with Gasteiger partial charge in [0, 0.05) is 18.6 Å². The SMILES string of the molecule is Cc1nn(C)cc1-n1cc2cc(C3(C)CS(=O)(=O)C(C)(C)C(=N)N3)ccc2n1. The van der Waals surface area contributed by atoms with Gasteiger partial charge in [-0.25, -0.2) is 13.1 Å². The van der Waals surface area contributed by atoms with Gasteiger partial charge in [0.25, 0.3) is 0 Å². The lowest BCUT2D eigenvalue weighted by atomic mass is 9.91. The molecule has 0 amide bonds.